The summed E-state index contributed by atoms with van der Waals surface area (Å²) in [5.41, 5.74) is 1.85. The first kappa shape index (κ1) is 28.2. The quantitative estimate of drug-likeness (QED) is 0.443. The third kappa shape index (κ3) is 7.32. The van der Waals surface area contributed by atoms with Gasteiger partial charge in [0.1, 0.15) is 12.6 Å². The molecule has 1 N–H and O–H groups in total. The van der Waals surface area contributed by atoms with E-state index in [0.29, 0.717) is 12.1 Å². The van der Waals surface area contributed by atoms with Crippen molar-refractivity contribution in [1.82, 2.24) is 10.2 Å². The van der Waals surface area contributed by atoms with Gasteiger partial charge in [-0.25, -0.2) is 8.42 Å². The Balaban J connectivity index is 2.04. The van der Waals surface area contributed by atoms with Crippen LogP contribution < -0.4 is 9.62 Å². The zero-order chi connectivity index (χ0) is 27.4. The molecule has 0 aliphatic carbocycles. The number of fused-ring (bicyclic) bond motifs is 1. The van der Waals surface area contributed by atoms with Gasteiger partial charge in [-0.1, -0.05) is 73.2 Å². The van der Waals surface area contributed by atoms with E-state index in [9.17, 15) is 18.0 Å². The van der Waals surface area contributed by atoms with Crippen LogP contribution in [0, 0.1) is 6.92 Å². The van der Waals surface area contributed by atoms with Gasteiger partial charge in [0, 0.05) is 17.5 Å². The summed E-state index contributed by atoms with van der Waals surface area (Å²) < 4.78 is 27.1. The third-order valence-corrected chi connectivity index (χ3v) is 7.16. The molecule has 0 aliphatic heterocycles. The summed E-state index contributed by atoms with van der Waals surface area (Å²) in [6, 6.07) is 19.8. The molecule has 0 radical (unpaired) electrons. The number of hydrogen-bond acceptors (Lipinski definition) is 4. The summed E-state index contributed by atoms with van der Waals surface area (Å²) in [7, 11) is -3.81. The summed E-state index contributed by atoms with van der Waals surface area (Å²) >= 11 is 0. The summed E-state index contributed by atoms with van der Waals surface area (Å²) in [5.74, 6) is -0.720. The van der Waals surface area contributed by atoms with Crippen molar-refractivity contribution >= 4 is 38.3 Å². The predicted molar refractivity (Wildman–Crippen MR) is 150 cm³/mol. The molecule has 198 valence electrons. The van der Waals surface area contributed by atoms with Gasteiger partial charge in [-0.2, -0.15) is 0 Å². The van der Waals surface area contributed by atoms with Gasteiger partial charge in [0.05, 0.1) is 11.9 Å². The van der Waals surface area contributed by atoms with Crippen LogP contribution in [0.1, 0.15) is 45.2 Å². The average Bonchev–Trinajstić information content (AvgIpc) is 2.80. The Labute approximate surface area is 220 Å². The van der Waals surface area contributed by atoms with E-state index in [1.54, 1.807) is 12.1 Å². The lowest BCUT2D eigenvalue weighted by Crippen LogP contribution is -2.55. The van der Waals surface area contributed by atoms with Gasteiger partial charge in [-0.15, -0.1) is 0 Å². The number of nitrogens with zero attached hydrogens (tertiary/aromatic N) is 2. The topological polar surface area (TPSA) is 86.8 Å². The van der Waals surface area contributed by atoms with Crippen LogP contribution in [-0.2, 0) is 26.2 Å². The van der Waals surface area contributed by atoms with E-state index in [2.05, 4.69) is 5.32 Å². The van der Waals surface area contributed by atoms with E-state index < -0.39 is 34.1 Å². The first-order chi connectivity index (χ1) is 17.3. The fraction of sp³-hybridized carbons (Fsp3) is 0.379. The molecule has 0 aromatic heterocycles. The summed E-state index contributed by atoms with van der Waals surface area (Å²) in [4.78, 5) is 28.7. The number of carbonyl (C=O) groups excluding carboxylic acids is 2. The maximum atomic E-state index is 13.9. The molecule has 0 fully saturated rings. The molecule has 0 saturated heterocycles. The minimum Gasteiger partial charge on any atom is -0.350 e. The smallest absolute Gasteiger partial charge is 0.244 e. The standard InChI is InChI=1S/C29H37N3O4S/c1-7-25(28(34)30-29(3,4)5)31(19-22-13-10-12-21(2)18-22)27(33)20-32(37(6,35)36)26-17-11-15-23-14-8-9-16-24(23)26/h8-18,25H,7,19-20H2,1-6H3,(H,30,34)/t25-/m0/s1. The molecule has 8 heteroatoms. The molecule has 2 amide bonds. The second-order valence-corrected chi connectivity index (χ2v) is 12.3. The fourth-order valence-electron chi connectivity index (χ4n) is 4.40. The van der Waals surface area contributed by atoms with Crippen LogP contribution in [0.15, 0.2) is 66.7 Å². The fourth-order valence-corrected chi connectivity index (χ4v) is 5.26. The normalized spacial score (nSPS) is 12.7. The number of rotatable bonds is 9. The van der Waals surface area contributed by atoms with Crippen molar-refractivity contribution in [2.45, 2.75) is 59.2 Å². The molecule has 0 spiro atoms. The number of nitrogens with one attached hydrogen (secondary N) is 1. The molecule has 3 aromatic rings. The van der Waals surface area contributed by atoms with E-state index in [1.807, 2.05) is 89.2 Å². The Kier molecular flexibility index (Phi) is 8.64. The lowest BCUT2D eigenvalue weighted by atomic mass is 10.0. The van der Waals surface area contributed by atoms with E-state index in [1.165, 1.54) is 4.90 Å². The Bertz CT molecular complexity index is 1370. The van der Waals surface area contributed by atoms with Crippen LogP contribution in [0.2, 0.25) is 0 Å². The van der Waals surface area contributed by atoms with Crippen molar-refractivity contribution in [3.05, 3.63) is 77.9 Å². The van der Waals surface area contributed by atoms with Gasteiger partial charge in [0.2, 0.25) is 21.8 Å². The SMILES string of the molecule is CC[C@@H](C(=O)NC(C)(C)C)N(Cc1cccc(C)c1)C(=O)CN(c1cccc2ccccc12)S(C)(=O)=O. The molecule has 3 rings (SSSR count). The molecular weight excluding hydrogens is 486 g/mol. The van der Waals surface area contributed by atoms with E-state index in [4.69, 9.17) is 0 Å². The molecule has 0 saturated carbocycles. The first-order valence-corrected chi connectivity index (χ1v) is 14.3. The van der Waals surface area contributed by atoms with Crippen molar-refractivity contribution in [3.8, 4) is 0 Å². The number of anilines is 1. The van der Waals surface area contributed by atoms with Crippen molar-refractivity contribution < 1.29 is 18.0 Å². The van der Waals surface area contributed by atoms with E-state index >= 15 is 0 Å². The van der Waals surface area contributed by atoms with Gasteiger partial charge in [-0.05, 0) is 51.1 Å². The van der Waals surface area contributed by atoms with Crippen LogP contribution in [0.3, 0.4) is 0 Å². The maximum Gasteiger partial charge on any atom is 0.244 e. The van der Waals surface area contributed by atoms with Gasteiger partial charge < -0.3 is 10.2 Å². The van der Waals surface area contributed by atoms with Gasteiger partial charge in [0.25, 0.3) is 0 Å². The Morgan fingerprint density at radius 1 is 0.973 bits per heavy atom. The lowest BCUT2D eigenvalue weighted by molar-refractivity contribution is -0.141. The first-order valence-electron chi connectivity index (χ1n) is 12.4. The second-order valence-electron chi connectivity index (χ2n) is 10.4. The maximum absolute atomic E-state index is 13.9. The zero-order valence-corrected chi connectivity index (χ0v) is 23.3. The molecule has 37 heavy (non-hydrogen) atoms. The van der Waals surface area contributed by atoms with Crippen LogP contribution in [0.5, 0.6) is 0 Å². The number of hydrogen-bond donors (Lipinski definition) is 1. The largest absolute Gasteiger partial charge is 0.350 e. The Morgan fingerprint density at radius 3 is 2.24 bits per heavy atom. The predicted octanol–water partition coefficient (Wildman–Crippen LogP) is 4.64. The molecule has 0 bridgehead atoms. The third-order valence-electron chi connectivity index (χ3n) is 6.03. The second kappa shape index (κ2) is 11.3. The van der Waals surface area contributed by atoms with E-state index in [0.717, 1.165) is 32.5 Å². The Hall–Kier alpha value is -3.39. The molecule has 0 heterocycles. The van der Waals surface area contributed by atoms with Crippen LogP contribution in [-0.4, -0.2) is 49.5 Å². The van der Waals surface area contributed by atoms with Crippen molar-refractivity contribution in [1.29, 1.82) is 0 Å². The number of carbonyl (C=O) groups is 2. The highest BCUT2D eigenvalue weighted by Gasteiger charge is 2.33. The highest BCUT2D eigenvalue weighted by Crippen LogP contribution is 2.29. The van der Waals surface area contributed by atoms with Crippen LogP contribution >= 0.6 is 0 Å². The number of benzene rings is 3. The number of sulfonamides is 1. The zero-order valence-electron chi connectivity index (χ0n) is 22.5. The molecular formula is C29H37N3O4S. The summed E-state index contributed by atoms with van der Waals surface area (Å²) in [6.07, 6.45) is 1.48. The molecule has 7 nitrogen and oxygen atoms in total. The summed E-state index contributed by atoms with van der Waals surface area (Å²) in [5, 5.41) is 4.57. The van der Waals surface area contributed by atoms with Crippen LogP contribution in [0.4, 0.5) is 5.69 Å². The monoisotopic (exact) mass is 523 g/mol. The van der Waals surface area contributed by atoms with Gasteiger partial charge in [-0.3, -0.25) is 13.9 Å². The molecule has 0 unspecified atom stereocenters. The molecule has 0 aliphatic rings. The number of amides is 2. The van der Waals surface area contributed by atoms with Crippen LogP contribution in [0.25, 0.3) is 10.8 Å². The highest BCUT2D eigenvalue weighted by molar-refractivity contribution is 7.92. The van der Waals surface area contributed by atoms with Crippen molar-refractivity contribution in [2.75, 3.05) is 17.1 Å². The van der Waals surface area contributed by atoms with E-state index in [-0.39, 0.29) is 12.5 Å². The lowest BCUT2D eigenvalue weighted by Gasteiger charge is -2.34. The van der Waals surface area contributed by atoms with Crippen molar-refractivity contribution in [2.24, 2.45) is 0 Å². The Morgan fingerprint density at radius 2 is 1.62 bits per heavy atom. The van der Waals surface area contributed by atoms with Gasteiger partial charge in [0.15, 0.2) is 0 Å². The average molecular weight is 524 g/mol. The highest BCUT2D eigenvalue weighted by atomic mass is 32.2. The van der Waals surface area contributed by atoms with Crippen molar-refractivity contribution in [3.63, 3.8) is 0 Å². The minimum absolute atomic E-state index is 0.184. The minimum atomic E-state index is -3.81. The molecule has 1 atom stereocenters. The number of aryl methyl sites for hydroxylation is 1. The van der Waals surface area contributed by atoms with Gasteiger partial charge >= 0.3 is 0 Å². The molecule has 3 aromatic carbocycles. The summed E-state index contributed by atoms with van der Waals surface area (Å²) in [6.45, 7) is 9.23.